The molecule has 1 fully saturated rings. The average Bonchev–Trinajstić information content (AvgIpc) is 3.15. The van der Waals surface area contributed by atoms with Crippen molar-refractivity contribution >= 4 is 35.0 Å². The summed E-state index contributed by atoms with van der Waals surface area (Å²) >= 11 is 6.52. The quantitative estimate of drug-likeness (QED) is 0.584. The maximum absolute atomic E-state index is 8.96. The predicted octanol–water partition coefficient (Wildman–Crippen LogP) is 3.32. The fourth-order valence-corrected chi connectivity index (χ4v) is 4.48. The van der Waals surface area contributed by atoms with E-state index in [2.05, 4.69) is 42.3 Å². The van der Waals surface area contributed by atoms with E-state index in [0.29, 0.717) is 34.2 Å². The van der Waals surface area contributed by atoms with Crippen LogP contribution in [0.1, 0.15) is 31.2 Å². The van der Waals surface area contributed by atoms with Gasteiger partial charge in [-0.25, -0.2) is 4.98 Å². The zero-order chi connectivity index (χ0) is 23.5. The van der Waals surface area contributed by atoms with Crippen molar-refractivity contribution in [1.82, 2.24) is 29.9 Å². The predicted molar refractivity (Wildman–Crippen MR) is 128 cm³/mol. The Kier molecular flexibility index (Phi) is 6.60. The summed E-state index contributed by atoms with van der Waals surface area (Å²) in [7, 11) is 3.93. The van der Waals surface area contributed by atoms with Gasteiger partial charge >= 0.3 is 0 Å². The second-order valence-electron chi connectivity index (χ2n) is 8.25. The molecule has 1 aliphatic heterocycles. The van der Waals surface area contributed by atoms with Crippen LogP contribution >= 0.6 is 11.6 Å². The molecule has 1 saturated heterocycles. The van der Waals surface area contributed by atoms with Gasteiger partial charge in [-0.1, -0.05) is 18.5 Å². The third-order valence-corrected chi connectivity index (χ3v) is 6.48. The number of nitrogens with one attached hydrogen (secondary N) is 1. The minimum Gasteiger partial charge on any atom is -0.355 e. The minimum atomic E-state index is 0.259. The molecule has 4 rings (SSSR count). The summed E-state index contributed by atoms with van der Waals surface area (Å²) in [5, 5.41) is 25.2. The van der Waals surface area contributed by atoms with Gasteiger partial charge in [0.2, 0.25) is 5.95 Å². The van der Waals surface area contributed by atoms with Gasteiger partial charge in [0.15, 0.2) is 23.1 Å². The van der Waals surface area contributed by atoms with Crippen molar-refractivity contribution in [3.05, 3.63) is 40.8 Å². The van der Waals surface area contributed by atoms with Crippen LogP contribution in [0.5, 0.6) is 0 Å². The van der Waals surface area contributed by atoms with Crippen molar-refractivity contribution in [2.24, 2.45) is 13.0 Å². The van der Waals surface area contributed by atoms with Gasteiger partial charge in [0.05, 0.1) is 6.20 Å². The molecule has 0 aliphatic carbocycles. The molecule has 11 heteroatoms. The molecule has 0 spiro atoms. The van der Waals surface area contributed by atoms with E-state index in [4.69, 9.17) is 21.8 Å². The number of halogens is 1. The van der Waals surface area contributed by atoms with Crippen LogP contribution in [-0.2, 0) is 7.05 Å². The van der Waals surface area contributed by atoms with Gasteiger partial charge in [0, 0.05) is 45.0 Å². The van der Waals surface area contributed by atoms with Gasteiger partial charge in [0.25, 0.3) is 0 Å². The Hall–Kier alpha value is -3.45. The van der Waals surface area contributed by atoms with Gasteiger partial charge in [0.1, 0.15) is 11.1 Å². The van der Waals surface area contributed by atoms with Crippen LogP contribution in [0.3, 0.4) is 0 Å². The lowest BCUT2D eigenvalue weighted by atomic mass is 9.89. The number of nitrogens with zero attached hydrogens (tertiary/aromatic N) is 9. The molecule has 2 unspecified atom stereocenters. The Balaban J connectivity index is 1.50. The fraction of sp³-hybridized carbons (Fsp3) is 0.455. The van der Waals surface area contributed by atoms with Crippen LogP contribution in [-0.4, -0.2) is 56.1 Å². The number of aryl methyl sites for hydroxylation is 2. The summed E-state index contributed by atoms with van der Waals surface area (Å²) < 4.78 is 1.79. The Bertz CT molecular complexity index is 1130. The number of anilines is 4. The molecule has 172 valence electrons. The molecule has 0 amide bonds. The zero-order valence-corrected chi connectivity index (χ0v) is 20.0. The Morgan fingerprint density at radius 2 is 2.15 bits per heavy atom. The summed E-state index contributed by atoms with van der Waals surface area (Å²) in [5.41, 5.74) is 1.36. The lowest BCUT2D eigenvalue weighted by molar-refractivity contribution is 0.335. The summed E-state index contributed by atoms with van der Waals surface area (Å²) in [6.07, 6.45) is 3.54. The van der Waals surface area contributed by atoms with Crippen molar-refractivity contribution in [3.8, 4) is 6.07 Å². The topological polar surface area (TPSA) is 112 Å². The lowest BCUT2D eigenvalue weighted by Gasteiger charge is -2.43. The molecular formula is C22H27ClN10. The normalized spacial score (nSPS) is 18.1. The van der Waals surface area contributed by atoms with E-state index in [-0.39, 0.29) is 6.04 Å². The van der Waals surface area contributed by atoms with Crippen LogP contribution in [0.25, 0.3) is 0 Å². The van der Waals surface area contributed by atoms with Gasteiger partial charge in [-0.15, -0.1) is 10.2 Å². The molecule has 1 aliphatic rings. The van der Waals surface area contributed by atoms with E-state index < -0.39 is 0 Å². The first-order chi connectivity index (χ1) is 15.9. The first kappa shape index (κ1) is 22.7. The van der Waals surface area contributed by atoms with Crippen molar-refractivity contribution in [1.29, 1.82) is 5.26 Å². The number of aromatic nitrogens is 6. The molecule has 1 N–H and O–H groups in total. The average molecular weight is 467 g/mol. The van der Waals surface area contributed by atoms with Crippen LogP contribution in [0.4, 0.5) is 23.4 Å². The second kappa shape index (κ2) is 9.58. The SMILES string of the molecule is CCC1CN(c2ccc(C#N)nn2)CCC1N(C)c1nc(Nc2cc(C)n(C)n2)ncc1Cl. The Labute approximate surface area is 198 Å². The summed E-state index contributed by atoms with van der Waals surface area (Å²) in [6.45, 7) is 5.85. The smallest absolute Gasteiger partial charge is 0.230 e. The first-order valence-corrected chi connectivity index (χ1v) is 11.3. The van der Waals surface area contributed by atoms with Crippen molar-refractivity contribution < 1.29 is 0 Å². The maximum Gasteiger partial charge on any atom is 0.230 e. The molecule has 0 radical (unpaired) electrons. The Morgan fingerprint density at radius 3 is 2.79 bits per heavy atom. The van der Waals surface area contributed by atoms with Gasteiger partial charge in [-0.3, -0.25) is 4.68 Å². The molecule has 0 bridgehead atoms. The summed E-state index contributed by atoms with van der Waals surface area (Å²) in [4.78, 5) is 13.4. The molecule has 3 aromatic heterocycles. The summed E-state index contributed by atoms with van der Waals surface area (Å²) in [5.74, 6) is 3.01. The standard InChI is InChI=1S/C22H27ClN10/c1-5-15-13-33(20-7-6-16(11-24)28-29-20)9-8-18(15)31(3)21-17(23)12-25-22(27-21)26-19-10-14(2)32(4)30-19/h6-7,10,12,15,18H,5,8-9,13H2,1-4H3,(H,25,26,27,30). The van der Waals surface area contributed by atoms with E-state index in [9.17, 15) is 0 Å². The monoisotopic (exact) mass is 466 g/mol. The lowest BCUT2D eigenvalue weighted by Crippen LogP contribution is -2.50. The highest BCUT2D eigenvalue weighted by atomic mass is 35.5. The first-order valence-electron chi connectivity index (χ1n) is 10.9. The van der Waals surface area contributed by atoms with E-state index >= 15 is 0 Å². The second-order valence-corrected chi connectivity index (χ2v) is 8.66. The highest BCUT2D eigenvalue weighted by Gasteiger charge is 2.33. The van der Waals surface area contributed by atoms with Crippen LogP contribution in [0, 0.1) is 24.2 Å². The molecule has 0 saturated carbocycles. The van der Waals surface area contributed by atoms with E-state index in [1.54, 1.807) is 16.9 Å². The van der Waals surface area contributed by atoms with E-state index in [1.807, 2.05) is 39.2 Å². The number of hydrogen-bond donors (Lipinski definition) is 1. The Morgan fingerprint density at radius 1 is 1.33 bits per heavy atom. The molecule has 2 atom stereocenters. The molecule has 4 heterocycles. The highest BCUT2D eigenvalue weighted by molar-refractivity contribution is 6.32. The van der Waals surface area contributed by atoms with E-state index in [1.165, 1.54) is 0 Å². The number of rotatable bonds is 6. The van der Waals surface area contributed by atoms with Crippen molar-refractivity contribution in [2.45, 2.75) is 32.7 Å². The number of nitriles is 1. The van der Waals surface area contributed by atoms with Crippen LogP contribution in [0.15, 0.2) is 24.4 Å². The third-order valence-electron chi connectivity index (χ3n) is 6.22. The molecule has 33 heavy (non-hydrogen) atoms. The fourth-order valence-electron chi connectivity index (χ4n) is 4.25. The van der Waals surface area contributed by atoms with Crippen molar-refractivity contribution in [2.75, 3.05) is 35.3 Å². The van der Waals surface area contributed by atoms with Gasteiger partial charge < -0.3 is 15.1 Å². The third kappa shape index (κ3) is 4.83. The largest absolute Gasteiger partial charge is 0.355 e. The summed E-state index contributed by atoms with van der Waals surface area (Å²) in [6, 6.07) is 7.78. The minimum absolute atomic E-state index is 0.259. The van der Waals surface area contributed by atoms with Crippen molar-refractivity contribution in [3.63, 3.8) is 0 Å². The van der Waals surface area contributed by atoms with Crippen LogP contribution in [0.2, 0.25) is 5.02 Å². The molecular weight excluding hydrogens is 440 g/mol. The molecule has 3 aromatic rings. The zero-order valence-electron chi connectivity index (χ0n) is 19.2. The van der Waals surface area contributed by atoms with E-state index in [0.717, 1.165) is 37.4 Å². The number of piperidine rings is 1. The van der Waals surface area contributed by atoms with Gasteiger partial charge in [-0.05, 0) is 37.8 Å². The maximum atomic E-state index is 8.96. The van der Waals surface area contributed by atoms with Gasteiger partial charge in [-0.2, -0.15) is 15.3 Å². The molecule has 10 nitrogen and oxygen atoms in total. The van der Waals surface area contributed by atoms with Crippen LogP contribution < -0.4 is 15.1 Å². The highest BCUT2D eigenvalue weighted by Crippen LogP contribution is 2.32. The molecule has 0 aromatic carbocycles. The number of hydrogen-bond acceptors (Lipinski definition) is 9.